The fourth-order valence-electron chi connectivity index (χ4n) is 2.52. The molecule has 1 aromatic heterocycles. The van der Waals surface area contributed by atoms with Gasteiger partial charge in [-0.1, -0.05) is 18.2 Å². The van der Waals surface area contributed by atoms with Crippen molar-refractivity contribution in [2.75, 3.05) is 0 Å². The minimum Gasteiger partial charge on any atom is -0.283 e. The standard InChI is InChI=1S/C18H16N4O3/c1-13-17(19-12-14-8-10-16(11-9-14)22(24)25)18(23)21(20(13)2)15-6-4-3-5-7-15/h3-12H,1-2H3. The molecule has 0 aliphatic heterocycles. The Balaban J connectivity index is 1.98. The highest BCUT2D eigenvalue weighted by Crippen LogP contribution is 2.17. The Morgan fingerprint density at radius 3 is 2.32 bits per heavy atom. The Morgan fingerprint density at radius 2 is 1.72 bits per heavy atom. The Hall–Kier alpha value is -3.48. The van der Waals surface area contributed by atoms with Gasteiger partial charge in [0, 0.05) is 25.4 Å². The van der Waals surface area contributed by atoms with Crippen molar-refractivity contribution < 1.29 is 4.92 Å². The van der Waals surface area contributed by atoms with E-state index < -0.39 is 4.92 Å². The number of nitro groups is 1. The highest BCUT2D eigenvalue weighted by molar-refractivity contribution is 5.82. The number of nitro benzene ring substituents is 1. The van der Waals surface area contributed by atoms with E-state index in [2.05, 4.69) is 4.99 Å². The first-order chi connectivity index (χ1) is 12.0. The van der Waals surface area contributed by atoms with Gasteiger partial charge in [0.25, 0.3) is 11.2 Å². The monoisotopic (exact) mass is 336 g/mol. The summed E-state index contributed by atoms with van der Waals surface area (Å²) in [6.07, 6.45) is 1.53. The number of hydrogen-bond acceptors (Lipinski definition) is 4. The van der Waals surface area contributed by atoms with E-state index in [0.29, 0.717) is 11.3 Å². The predicted octanol–water partition coefficient (Wildman–Crippen LogP) is 3.14. The van der Waals surface area contributed by atoms with Gasteiger partial charge in [-0.05, 0) is 36.8 Å². The number of hydrogen-bond donors (Lipinski definition) is 0. The number of aromatic nitrogens is 2. The van der Waals surface area contributed by atoms with Crippen LogP contribution < -0.4 is 5.56 Å². The SMILES string of the molecule is Cc1c(N=Cc2ccc([N+](=O)[O-])cc2)c(=O)n(-c2ccccc2)n1C. The van der Waals surface area contributed by atoms with Crippen LogP contribution in [0.2, 0.25) is 0 Å². The third-order valence-corrected chi connectivity index (χ3v) is 3.97. The van der Waals surface area contributed by atoms with Crippen LogP contribution in [0.15, 0.2) is 64.4 Å². The average molecular weight is 336 g/mol. The molecule has 0 fully saturated rings. The van der Waals surface area contributed by atoms with Crippen molar-refractivity contribution in [1.29, 1.82) is 0 Å². The lowest BCUT2D eigenvalue weighted by Crippen LogP contribution is -2.19. The van der Waals surface area contributed by atoms with Gasteiger partial charge in [0.15, 0.2) is 5.69 Å². The quantitative estimate of drug-likeness (QED) is 0.417. The molecular formula is C18H16N4O3. The molecule has 0 saturated carbocycles. The van der Waals surface area contributed by atoms with E-state index in [1.807, 2.05) is 37.3 Å². The summed E-state index contributed by atoms with van der Waals surface area (Å²) in [5.74, 6) is 0. The van der Waals surface area contributed by atoms with Gasteiger partial charge in [0.05, 0.1) is 16.3 Å². The van der Waals surface area contributed by atoms with Crippen molar-refractivity contribution in [2.24, 2.45) is 12.0 Å². The number of benzene rings is 2. The van der Waals surface area contributed by atoms with Crippen LogP contribution >= 0.6 is 0 Å². The molecule has 126 valence electrons. The lowest BCUT2D eigenvalue weighted by Gasteiger charge is -2.07. The molecule has 0 unspecified atom stereocenters. The fourth-order valence-corrected chi connectivity index (χ4v) is 2.52. The Morgan fingerprint density at radius 1 is 1.08 bits per heavy atom. The second kappa shape index (κ2) is 6.56. The number of para-hydroxylation sites is 1. The van der Waals surface area contributed by atoms with Crippen LogP contribution in [0.1, 0.15) is 11.3 Å². The normalized spacial score (nSPS) is 11.1. The molecule has 0 bridgehead atoms. The molecule has 7 nitrogen and oxygen atoms in total. The summed E-state index contributed by atoms with van der Waals surface area (Å²) in [4.78, 5) is 27.2. The number of aliphatic imine (C=N–C) groups is 1. The zero-order valence-electron chi connectivity index (χ0n) is 13.8. The van der Waals surface area contributed by atoms with E-state index in [9.17, 15) is 14.9 Å². The topological polar surface area (TPSA) is 82.4 Å². The summed E-state index contributed by atoms with van der Waals surface area (Å²) in [5.41, 5.74) is 2.30. The van der Waals surface area contributed by atoms with Gasteiger partial charge < -0.3 is 0 Å². The van der Waals surface area contributed by atoms with E-state index in [1.54, 1.807) is 28.5 Å². The minimum atomic E-state index is -0.458. The Kier molecular flexibility index (Phi) is 4.30. The molecule has 0 aliphatic rings. The Labute approximate surface area is 143 Å². The zero-order chi connectivity index (χ0) is 18.0. The van der Waals surface area contributed by atoms with E-state index in [-0.39, 0.29) is 11.2 Å². The summed E-state index contributed by atoms with van der Waals surface area (Å²) < 4.78 is 3.30. The van der Waals surface area contributed by atoms with Crippen LogP contribution in [-0.4, -0.2) is 20.5 Å². The molecule has 0 amide bonds. The van der Waals surface area contributed by atoms with Gasteiger partial charge in [0.1, 0.15) is 0 Å². The molecule has 0 aliphatic carbocycles. The van der Waals surface area contributed by atoms with Crippen molar-refractivity contribution in [3.63, 3.8) is 0 Å². The van der Waals surface area contributed by atoms with Crippen LogP contribution in [0.5, 0.6) is 0 Å². The third kappa shape index (κ3) is 3.12. The Bertz CT molecular complexity index is 999. The zero-order valence-corrected chi connectivity index (χ0v) is 13.8. The van der Waals surface area contributed by atoms with Crippen molar-refractivity contribution in [3.8, 4) is 5.69 Å². The van der Waals surface area contributed by atoms with Gasteiger partial charge in [0.2, 0.25) is 0 Å². The van der Waals surface area contributed by atoms with E-state index in [0.717, 1.165) is 11.4 Å². The molecule has 3 aromatic rings. The van der Waals surface area contributed by atoms with Gasteiger partial charge >= 0.3 is 0 Å². The van der Waals surface area contributed by atoms with E-state index >= 15 is 0 Å². The molecule has 25 heavy (non-hydrogen) atoms. The van der Waals surface area contributed by atoms with Crippen molar-refractivity contribution >= 4 is 17.6 Å². The summed E-state index contributed by atoms with van der Waals surface area (Å²) >= 11 is 0. The molecule has 0 saturated heterocycles. The third-order valence-electron chi connectivity index (χ3n) is 3.97. The first-order valence-electron chi connectivity index (χ1n) is 7.61. The maximum atomic E-state index is 12.7. The highest BCUT2D eigenvalue weighted by Gasteiger charge is 2.14. The van der Waals surface area contributed by atoms with Gasteiger partial charge in [-0.15, -0.1) is 0 Å². The van der Waals surface area contributed by atoms with Crippen LogP contribution in [0.4, 0.5) is 11.4 Å². The van der Waals surface area contributed by atoms with Gasteiger partial charge in [-0.25, -0.2) is 9.67 Å². The maximum Gasteiger partial charge on any atom is 0.297 e. The molecule has 3 rings (SSSR count). The highest BCUT2D eigenvalue weighted by atomic mass is 16.6. The lowest BCUT2D eigenvalue weighted by atomic mass is 10.2. The van der Waals surface area contributed by atoms with E-state index in [4.69, 9.17) is 0 Å². The summed E-state index contributed by atoms with van der Waals surface area (Å²) in [6.45, 7) is 1.82. The van der Waals surface area contributed by atoms with Crippen molar-refractivity contribution in [3.05, 3.63) is 86.3 Å². The molecule has 0 atom stereocenters. The second-order valence-corrected chi connectivity index (χ2v) is 5.52. The van der Waals surface area contributed by atoms with E-state index in [1.165, 1.54) is 18.3 Å². The fraction of sp³-hybridized carbons (Fsp3) is 0.111. The molecule has 0 radical (unpaired) electrons. The lowest BCUT2D eigenvalue weighted by molar-refractivity contribution is -0.384. The molecule has 0 spiro atoms. The van der Waals surface area contributed by atoms with Crippen LogP contribution in [0.25, 0.3) is 5.69 Å². The molecule has 0 N–H and O–H groups in total. The molecule has 7 heteroatoms. The molecule has 1 heterocycles. The maximum absolute atomic E-state index is 12.7. The van der Waals surface area contributed by atoms with Crippen molar-refractivity contribution in [1.82, 2.24) is 9.36 Å². The van der Waals surface area contributed by atoms with Crippen LogP contribution in [-0.2, 0) is 7.05 Å². The smallest absolute Gasteiger partial charge is 0.283 e. The average Bonchev–Trinajstić information content (AvgIpc) is 2.83. The van der Waals surface area contributed by atoms with Gasteiger partial charge in [-0.2, -0.15) is 0 Å². The second-order valence-electron chi connectivity index (χ2n) is 5.52. The molecular weight excluding hydrogens is 320 g/mol. The van der Waals surface area contributed by atoms with Crippen LogP contribution in [0, 0.1) is 17.0 Å². The number of non-ortho nitro benzene ring substituents is 1. The summed E-state index contributed by atoms with van der Waals surface area (Å²) in [6, 6.07) is 15.3. The summed E-state index contributed by atoms with van der Waals surface area (Å²) in [5, 5.41) is 10.7. The predicted molar refractivity (Wildman–Crippen MR) is 96.1 cm³/mol. The number of rotatable bonds is 4. The van der Waals surface area contributed by atoms with Crippen LogP contribution in [0.3, 0.4) is 0 Å². The van der Waals surface area contributed by atoms with Gasteiger partial charge in [-0.3, -0.25) is 19.6 Å². The number of nitrogens with zero attached hydrogens (tertiary/aromatic N) is 4. The molecule has 2 aromatic carbocycles. The minimum absolute atomic E-state index is 0.0134. The summed E-state index contributed by atoms with van der Waals surface area (Å²) in [7, 11) is 1.80. The largest absolute Gasteiger partial charge is 0.297 e. The first kappa shape index (κ1) is 16.4. The first-order valence-corrected chi connectivity index (χ1v) is 7.61. The van der Waals surface area contributed by atoms with Crippen molar-refractivity contribution in [2.45, 2.75) is 6.92 Å².